The minimum absolute atomic E-state index is 0.0728. The van der Waals surface area contributed by atoms with Crippen LogP contribution in [0.5, 0.6) is 5.75 Å². The Morgan fingerprint density at radius 2 is 2.10 bits per heavy atom. The summed E-state index contributed by atoms with van der Waals surface area (Å²) < 4.78 is 6.98. The maximum absolute atomic E-state index is 12.4. The third-order valence-corrected chi connectivity index (χ3v) is 4.24. The van der Waals surface area contributed by atoms with Crippen LogP contribution in [0.15, 0.2) is 22.3 Å². The van der Waals surface area contributed by atoms with Gasteiger partial charge in [0.2, 0.25) is 0 Å². The molecule has 0 saturated heterocycles. The molecule has 5 heteroatoms. The fourth-order valence-electron chi connectivity index (χ4n) is 2.10. The number of hydrogen-bond acceptors (Lipinski definition) is 4. The zero-order valence-corrected chi connectivity index (χ0v) is 14.1. The lowest BCUT2D eigenvalue weighted by atomic mass is 9.92. The highest BCUT2D eigenvalue weighted by Crippen LogP contribution is 2.32. The van der Waals surface area contributed by atoms with E-state index in [0.717, 1.165) is 17.0 Å². The normalized spacial score (nSPS) is 11.7. The molecule has 0 aliphatic rings. The molecular formula is C16H22N2O2S. The van der Waals surface area contributed by atoms with Gasteiger partial charge in [-0.25, -0.2) is 4.68 Å². The molecule has 0 aliphatic carbocycles. The van der Waals surface area contributed by atoms with Crippen LogP contribution in [0, 0.1) is 12.3 Å². The largest absolute Gasteiger partial charge is 0.494 e. The molecule has 0 aliphatic heterocycles. The highest BCUT2D eigenvalue weighted by Gasteiger charge is 2.18. The van der Waals surface area contributed by atoms with Crippen LogP contribution in [0.3, 0.4) is 0 Å². The van der Waals surface area contributed by atoms with E-state index < -0.39 is 0 Å². The molecule has 0 aromatic carbocycles. The number of aryl methyl sites for hydroxylation is 1. The van der Waals surface area contributed by atoms with Crippen LogP contribution < -0.4 is 10.3 Å². The molecule has 0 amide bonds. The molecule has 114 valence electrons. The number of nitrogens with zero attached hydrogens (tertiary/aromatic N) is 2. The predicted molar refractivity (Wildman–Crippen MR) is 87.2 cm³/mol. The molecule has 0 unspecified atom stereocenters. The average molecular weight is 306 g/mol. The Kier molecular flexibility index (Phi) is 4.52. The summed E-state index contributed by atoms with van der Waals surface area (Å²) in [6, 6.07) is 3.97. The summed E-state index contributed by atoms with van der Waals surface area (Å²) >= 11 is 1.59. The summed E-state index contributed by atoms with van der Waals surface area (Å²) in [4.78, 5) is 13.4. The van der Waals surface area contributed by atoms with Crippen LogP contribution in [-0.4, -0.2) is 16.9 Å². The summed E-state index contributed by atoms with van der Waals surface area (Å²) in [6.45, 7) is 8.90. The monoisotopic (exact) mass is 306 g/mol. The smallest absolute Gasteiger partial charge is 0.273 e. The second-order valence-corrected chi connectivity index (χ2v) is 7.27. The van der Waals surface area contributed by atoms with Gasteiger partial charge in [-0.05, 0) is 30.2 Å². The van der Waals surface area contributed by atoms with E-state index in [-0.39, 0.29) is 11.0 Å². The first-order valence-electron chi connectivity index (χ1n) is 7.03. The molecule has 0 fully saturated rings. The van der Waals surface area contributed by atoms with Gasteiger partial charge in [0.1, 0.15) is 5.69 Å². The van der Waals surface area contributed by atoms with Crippen molar-refractivity contribution in [1.82, 2.24) is 9.78 Å². The van der Waals surface area contributed by atoms with E-state index in [2.05, 4.69) is 25.9 Å². The Morgan fingerprint density at radius 1 is 1.38 bits per heavy atom. The van der Waals surface area contributed by atoms with Gasteiger partial charge >= 0.3 is 0 Å². The van der Waals surface area contributed by atoms with E-state index in [1.807, 2.05) is 17.5 Å². The third-order valence-electron chi connectivity index (χ3n) is 3.36. The molecule has 0 radical (unpaired) electrons. The van der Waals surface area contributed by atoms with Gasteiger partial charge in [0, 0.05) is 6.54 Å². The van der Waals surface area contributed by atoms with E-state index >= 15 is 0 Å². The summed E-state index contributed by atoms with van der Waals surface area (Å²) in [5.41, 5.74) is 1.46. The van der Waals surface area contributed by atoms with Crippen molar-refractivity contribution < 1.29 is 4.74 Å². The van der Waals surface area contributed by atoms with Crippen molar-refractivity contribution in [3.8, 4) is 16.3 Å². The number of aromatic nitrogens is 2. The highest BCUT2D eigenvalue weighted by molar-refractivity contribution is 7.13. The van der Waals surface area contributed by atoms with E-state index in [4.69, 9.17) is 4.74 Å². The van der Waals surface area contributed by atoms with Crippen molar-refractivity contribution in [2.75, 3.05) is 7.11 Å². The van der Waals surface area contributed by atoms with E-state index in [1.165, 1.54) is 0 Å². The average Bonchev–Trinajstić information content (AvgIpc) is 2.93. The van der Waals surface area contributed by atoms with Gasteiger partial charge in [0.15, 0.2) is 5.75 Å². The molecule has 4 nitrogen and oxygen atoms in total. The highest BCUT2D eigenvalue weighted by atomic mass is 32.1. The molecule has 2 heterocycles. The zero-order valence-electron chi connectivity index (χ0n) is 13.3. The van der Waals surface area contributed by atoms with Gasteiger partial charge in [-0.1, -0.05) is 26.8 Å². The van der Waals surface area contributed by atoms with Crippen LogP contribution >= 0.6 is 11.3 Å². The topological polar surface area (TPSA) is 44.1 Å². The summed E-state index contributed by atoms with van der Waals surface area (Å²) in [5.74, 6) is 0.578. The van der Waals surface area contributed by atoms with Crippen molar-refractivity contribution in [1.29, 1.82) is 0 Å². The molecule has 0 saturated carbocycles. The van der Waals surface area contributed by atoms with Crippen molar-refractivity contribution in [3.05, 3.63) is 33.4 Å². The summed E-state index contributed by atoms with van der Waals surface area (Å²) in [6.07, 6.45) is 0.898. The zero-order chi connectivity index (χ0) is 15.6. The van der Waals surface area contributed by atoms with E-state index in [0.29, 0.717) is 17.9 Å². The summed E-state index contributed by atoms with van der Waals surface area (Å²) in [5, 5.41) is 6.54. The van der Waals surface area contributed by atoms with Crippen molar-refractivity contribution in [2.24, 2.45) is 5.41 Å². The Balaban J connectivity index is 2.50. The van der Waals surface area contributed by atoms with Gasteiger partial charge in [-0.15, -0.1) is 11.3 Å². The van der Waals surface area contributed by atoms with Crippen molar-refractivity contribution >= 4 is 11.3 Å². The second-order valence-electron chi connectivity index (χ2n) is 6.32. The molecule has 0 atom stereocenters. The molecular weight excluding hydrogens is 284 g/mol. The molecule has 2 aromatic rings. The van der Waals surface area contributed by atoms with Crippen LogP contribution in [0.4, 0.5) is 0 Å². The Labute approximate surface area is 129 Å². The maximum Gasteiger partial charge on any atom is 0.273 e. The van der Waals surface area contributed by atoms with Gasteiger partial charge in [0.05, 0.1) is 17.6 Å². The molecule has 0 bridgehead atoms. The predicted octanol–water partition coefficient (Wildman–Crippen LogP) is 3.73. The first-order valence-corrected chi connectivity index (χ1v) is 7.91. The number of hydrogen-bond donors (Lipinski definition) is 0. The number of ether oxygens (including phenoxy) is 1. The molecule has 0 spiro atoms. The maximum atomic E-state index is 12.4. The lowest BCUT2D eigenvalue weighted by molar-refractivity contribution is 0.333. The number of thiophene rings is 1. The van der Waals surface area contributed by atoms with E-state index in [9.17, 15) is 4.79 Å². The van der Waals surface area contributed by atoms with Crippen LogP contribution in [0.25, 0.3) is 10.6 Å². The fraction of sp³-hybridized carbons (Fsp3) is 0.500. The molecule has 2 rings (SSSR count). The standard InChI is InChI=1S/C16H22N2O2S/c1-11-14(20-5)13(12-7-6-10-21-12)17-18(15(11)19)9-8-16(2,3)4/h6-7,10H,8-9H2,1-5H3. The number of methoxy groups -OCH3 is 1. The van der Waals surface area contributed by atoms with Gasteiger partial charge in [0.25, 0.3) is 5.56 Å². The number of rotatable bonds is 4. The lowest BCUT2D eigenvalue weighted by Gasteiger charge is -2.19. The Morgan fingerprint density at radius 3 is 2.62 bits per heavy atom. The van der Waals surface area contributed by atoms with E-state index in [1.54, 1.807) is 30.1 Å². The van der Waals surface area contributed by atoms with Gasteiger partial charge < -0.3 is 4.74 Å². The van der Waals surface area contributed by atoms with Crippen LogP contribution in [0.2, 0.25) is 0 Å². The van der Waals surface area contributed by atoms with Crippen LogP contribution in [-0.2, 0) is 6.54 Å². The lowest BCUT2D eigenvalue weighted by Crippen LogP contribution is -2.28. The first-order chi connectivity index (χ1) is 9.83. The second kappa shape index (κ2) is 6.02. The minimum atomic E-state index is -0.0728. The van der Waals surface area contributed by atoms with Crippen LogP contribution in [0.1, 0.15) is 32.8 Å². The molecule has 2 aromatic heterocycles. The first kappa shape index (κ1) is 15.8. The fourth-order valence-corrected chi connectivity index (χ4v) is 2.80. The molecule has 21 heavy (non-hydrogen) atoms. The van der Waals surface area contributed by atoms with Gasteiger partial charge in [-0.3, -0.25) is 4.79 Å². The Hall–Kier alpha value is -1.62. The minimum Gasteiger partial charge on any atom is -0.494 e. The summed E-state index contributed by atoms with van der Waals surface area (Å²) in [7, 11) is 1.58. The van der Waals surface area contributed by atoms with Crippen molar-refractivity contribution in [2.45, 2.75) is 40.7 Å². The third kappa shape index (κ3) is 3.53. The van der Waals surface area contributed by atoms with Crippen molar-refractivity contribution in [3.63, 3.8) is 0 Å². The SMILES string of the molecule is COc1c(-c2cccs2)nn(CCC(C)(C)C)c(=O)c1C. The Bertz CT molecular complexity index is 667. The molecule has 0 N–H and O–H groups in total. The van der Waals surface area contributed by atoms with Gasteiger partial charge in [-0.2, -0.15) is 5.10 Å². The quantitative estimate of drug-likeness (QED) is 0.864.